The molecular formula is C11H13BrFNO2. The van der Waals surface area contributed by atoms with Crippen LogP contribution < -0.4 is 5.32 Å². The summed E-state index contributed by atoms with van der Waals surface area (Å²) in [6, 6.07) is 3.97. The van der Waals surface area contributed by atoms with Crippen LogP contribution in [0.25, 0.3) is 0 Å². The number of benzene rings is 1. The summed E-state index contributed by atoms with van der Waals surface area (Å²) >= 11 is 3.18. The van der Waals surface area contributed by atoms with Gasteiger partial charge in [0.2, 0.25) is 0 Å². The van der Waals surface area contributed by atoms with Crippen molar-refractivity contribution in [3.05, 3.63) is 34.1 Å². The number of likely N-dealkylation sites (N-methyl/N-ethyl adjacent to an activating group) is 1. The van der Waals surface area contributed by atoms with E-state index in [1.165, 1.54) is 18.2 Å². The van der Waals surface area contributed by atoms with Crippen LogP contribution in [-0.4, -0.2) is 17.6 Å². The molecule has 2 N–H and O–H groups in total. The summed E-state index contributed by atoms with van der Waals surface area (Å²) in [7, 11) is 0. The highest BCUT2D eigenvalue weighted by molar-refractivity contribution is 9.10. The average Bonchev–Trinajstić information content (AvgIpc) is 2.17. The quantitative estimate of drug-likeness (QED) is 0.895. The van der Waals surface area contributed by atoms with E-state index in [4.69, 9.17) is 0 Å². The highest BCUT2D eigenvalue weighted by atomic mass is 79.9. The number of rotatable bonds is 4. The van der Waals surface area contributed by atoms with Gasteiger partial charge in [0.25, 0.3) is 0 Å². The van der Waals surface area contributed by atoms with Crippen molar-refractivity contribution < 1.29 is 14.3 Å². The predicted molar refractivity (Wildman–Crippen MR) is 62.8 cm³/mol. The molecule has 0 fully saturated rings. The lowest BCUT2D eigenvalue weighted by Gasteiger charge is -2.27. The molecule has 0 amide bonds. The van der Waals surface area contributed by atoms with E-state index in [0.29, 0.717) is 16.6 Å². The maximum Gasteiger partial charge on any atom is 0.328 e. The first-order valence-corrected chi connectivity index (χ1v) is 5.65. The van der Waals surface area contributed by atoms with Gasteiger partial charge in [0.1, 0.15) is 11.4 Å². The van der Waals surface area contributed by atoms with Crippen molar-refractivity contribution in [2.45, 2.75) is 19.4 Å². The van der Waals surface area contributed by atoms with Gasteiger partial charge in [-0.3, -0.25) is 5.32 Å². The first kappa shape index (κ1) is 13.1. The molecule has 0 heterocycles. The molecule has 0 bridgehead atoms. The van der Waals surface area contributed by atoms with Crippen LogP contribution in [0.3, 0.4) is 0 Å². The van der Waals surface area contributed by atoms with Gasteiger partial charge in [-0.1, -0.05) is 28.9 Å². The number of aliphatic carboxylic acids is 1. The SMILES string of the molecule is CCNC(C)(C(=O)O)c1ccc(F)cc1Br. The van der Waals surface area contributed by atoms with Crippen molar-refractivity contribution in [2.24, 2.45) is 0 Å². The van der Waals surface area contributed by atoms with E-state index in [1.54, 1.807) is 6.92 Å². The first-order valence-electron chi connectivity index (χ1n) is 4.85. The maximum atomic E-state index is 12.9. The molecule has 0 saturated heterocycles. The van der Waals surface area contributed by atoms with E-state index < -0.39 is 17.3 Å². The van der Waals surface area contributed by atoms with Gasteiger partial charge in [-0.05, 0) is 31.2 Å². The Hall–Kier alpha value is -0.940. The zero-order valence-corrected chi connectivity index (χ0v) is 10.6. The monoisotopic (exact) mass is 289 g/mol. The van der Waals surface area contributed by atoms with Crippen molar-refractivity contribution in [1.82, 2.24) is 5.32 Å². The van der Waals surface area contributed by atoms with Gasteiger partial charge in [-0.2, -0.15) is 0 Å². The van der Waals surface area contributed by atoms with E-state index >= 15 is 0 Å². The Morgan fingerprint density at radius 2 is 2.25 bits per heavy atom. The smallest absolute Gasteiger partial charge is 0.328 e. The van der Waals surface area contributed by atoms with E-state index in [9.17, 15) is 14.3 Å². The van der Waals surface area contributed by atoms with Gasteiger partial charge in [-0.25, -0.2) is 9.18 Å². The second kappa shape index (κ2) is 4.93. The summed E-state index contributed by atoms with van der Waals surface area (Å²) in [5, 5.41) is 12.1. The van der Waals surface area contributed by atoms with Crippen molar-refractivity contribution in [2.75, 3.05) is 6.54 Å². The molecule has 0 spiro atoms. The lowest BCUT2D eigenvalue weighted by molar-refractivity contribution is -0.144. The molecule has 1 atom stereocenters. The highest BCUT2D eigenvalue weighted by Crippen LogP contribution is 2.29. The number of carboxylic acid groups (broad SMARTS) is 1. The summed E-state index contributed by atoms with van der Waals surface area (Å²) in [4.78, 5) is 11.3. The molecule has 0 aromatic heterocycles. The topological polar surface area (TPSA) is 49.3 Å². The second-order valence-electron chi connectivity index (χ2n) is 3.58. The Balaban J connectivity index is 3.26. The largest absolute Gasteiger partial charge is 0.480 e. The van der Waals surface area contributed by atoms with E-state index in [1.807, 2.05) is 6.92 Å². The average molecular weight is 290 g/mol. The highest BCUT2D eigenvalue weighted by Gasteiger charge is 2.35. The minimum Gasteiger partial charge on any atom is -0.480 e. The number of nitrogens with one attached hydrogen (secondary N) is 1. The zero-order valence-electron chi connectivity index (χ0n) is 9.05. The summed E-state index contributed by atoms with van der Waals surface area (Å²) in [5.41, 5.74) is -0.718. The first-order chi connectivity index (χ1) is 7.41. The lowest BCUT2D eigenvalue weighted by atomic mass is 9.92. The van der Waals surface area contributed by atoms with Crippen LogP contribution in [0.5, 0.6) is 0 Å². The van der Waals surface area contributed by atoms with Crippen LogP contribution in [0.2, 0.25) is 0 Å². The molecule has 1 aromatic carbocycles. The Kier molecular flexibility index (Phi) is 4.04. The number of carbonyl (C=O) groups is 1. The molecule has 3 nitrogen and oxygen atoms in total. The molecule has 0 saturated carbocycles. The van der Waals surface area contributed by atoms with Crippen molar-refractivity contribution in [1.29, 1.82) is 0 Å². The summed E-state index contributed by atoms with van der Waals surface area (Å²) in [6.07, 6.45) is 0. The molecule has 16 heavy (non-hydrogen) atoms. The number of hydrogen-bond donors (Lipinski definition) is 2. The molecule has 0 aliphatic rings. The van der Waals surface area contributed by atoms with E-state index in [-0.39, 0.29) is 0 Å². The molecule has 5 heteroatoms. The maximum absolute atomic E-state index is 12.9. The van der Waals surface area contributed by atoms with Gasteiger partial charge < -0.3 is 5.11 Å². The molecule has 0 aliphatic heterocycles. The van der Waals surface area contributed by atoms with Gasteiger partial charge in [0.15, 0.2) is 0 Å². The van der Waals surface area contributed by atoms with Crippen LogP contribution in [0.1, 0.15) is 19.4 Å². The minimum atomic E-state index is -1.22. The van der Waals surface area contributed by atoms with Gasteiger partial charge in [0.05, 0.1) is 0 Å². The third-order valence-electron chi connectivity index (χ3n) is 2.43. The fraction of sp³-hybridized carbons (Fsp3) is 0.364. The third-order valence-corrected chi connectivity index (χ3v) is 3.08. The van der Waals surface area contributed by atoms with Gasteiger partial charge >= 0.3 is 5.97 Å². The van der Waals surface area contributed by atoms with Crippen molar-refractivity contribution in [3.63, 3.8) is 0 Å². The summed E-state index contributed by atoms with van der Waals surface area (Å²) < 4.78 is 13.4. The van der Waals surface area contributed by atoms with Crippen molar-refractivity contribution in [3.8, 4) is 0 Å². The van der Waals surface area contributed by atoms with Gasteiger partial charge in [0, 0.05) is 4.47 Å². The van der Waals surface area contributed by atoms with Gasteiger partial charge in [-0.15, -0.1) is 0 Å². The summed E-state index contributed by atoms with van der Waals surface area (Å²) in [5.74, 6) is -1.40. The molecule has 1 unspecified atom stereocenters. The second-order valence-corrected chi connectivity index (χ2v) is 4.44. The fourth-order valence-electron chi connectivity index (χ4n) is 1.53. The van der Waals surface area contributed by atoms with Crippen LogP contribution in [-0.2, 0) is 10.3 Å². The third kappa shape index (κ3) is 2.41. The van der Waals surface area contributed by atoms with E-state index in [2.05, 4.69) is 21.2 Å². The number of halogens is 2. The standard InChI is InChI=1S/C11H13BrFNO2/c1-3-14-11(2,10(15)16)8-5-4-7(13)6-9(8)12/h4-6,14H,3H2,1-2H3,(H,15,16). The predicted octanol–water partition coefficient (Wildman–Crippen LogP) is 2.50. The Labute approximate surface area is 102 Å². The molecule has 0 aliphatic carbocycles. The van der Waals surface area contributed by atoms with E-state index in [0.717, 1.165) is 0 Å². The normalized spacial score (nSPS) is 14.5. The molecule has 0 radical (unpaired) electrons. The van der Waals surface area contributed by atoms with Crippen molar-refractivity contribution >= 4 is 21.9 Å². The summed E-state index contributed by atoms with van der Waals surface area (Å²) in [6.45, 7) is 3.88. The number of carboxylic acids is 1. The Morgan fingerprint density at radius 3 is 2.69 bits per heavy atom. The lowest BCUT2D eigenvalue weighted by Crippen LogP contribution is -2.46. The molecule has 1 rings (SSSR count). The van der Waals surface area contributed by atoms with Crippen LogP contribution >= 0.6 is 15.9 Å². The van der Waals surface area contributed by atoms with Crippen LogP contribution in [0, 0.1) is 5.82 Å². The molecule has 88 valence electrons. The Morgan fingerprint density at radius 1 is 1.62 bits per heavy atom. The number of hydrogen-bond acceptors (Lipinski definition) is 2. The zero-order chi connectivity index (χ0) is 12.3. The fourth-order valence-corrected chi connectivity index (χ4v) is 2.28. The van der Waals surface area contributed by atoms with Crippen LogP contribution in [0.4, 0.5) is 4.39 Å². The Bertz CT molecular complexity index is 411. The minimum absolute atomic E-state index is 0.403. The van der Waals surface area contributed by atoms with Crippen LogP contribution in [0.15, 0.2) is 22.7 Å². The molecule has 1 aromatic rings. The molecular weight excluding hydrogens is 277 g/mol.